The standard InChI is InChI=1S/C25H32O6/c1-14-11-12-19(26)23-20(30-25(5,6)31-23)10-8-9-18-21(24(27)29-17(14)4)15(2)13-16(3)22(18)28-7/h8-9,11-14,17,20,23H,10H2,1-7H3/b9-8+,12-11-/t14-,17+,20+,23-/m1/s1. The summed E-state index contributed by atoms with van der Waals surface area (Å²) in [5, 5.41) is 0. The van der Waals surface area contributed by atoms with E-state index in [1.807, 2.05) is 45.9 Å². The molecule has 1 fully saturated rings. The van der Waals surface area contributed by atoms with Gasteiger partial charge in [0.15, 0.2) is 11.6 Å². The molecule has 3 rings (SSSR count). The van der Waals surface area contributed by atoms with E-state index >= 15 is 0 Å². The van der Waals surface area contributed by atoms with Crippen LogP contribution in [0.4, 0.5) is 0 Å². The Bertz CT molecular complexity index is 926. The highest BCUT2D eigenvalue weighted by Gasteiger charge is 2.43. The van der Waals surface area contributed by atoms with Crippen LogP contribution in [0.2, 0.25) is 0 Å². The highest BCUT2D eigenvalue weighted by atomic mass is 16.8. The molecule has 1 saturated heterocycles. The van der Waals surface area contributed by atoms with Gasteiger partial charge in [-0.05, 0) is 58.2 Å². The molecule has 0 unspecified atom stereocenters. The number of methoxy groups -OCH3 is 1. The van der Waals surface area contributed by atoms with E-state index in [0.29, 0.717) is 23.3 Å². The fourth-order valence-corrected chi connectivity index (χ4v) is 4.10. The maximum absolute atomic E-state index is 13.1. The molecule has 0 amide bonds. The molecule has 0 aromatic heterocycles. The lowest BCUT2D eigenvalue weighted by Gasteiger charge is -2.21. The van der Waals surface area contributed by atoms with E-state index in [9.17, 15) is 9.59 Å². The Kier molecular flexibility index (Phi) is 6.72. The highest BCUT2D eigenvalue weighted by molar-refractivity contribution is 5.97. The molecule has 2 aliphatic heterocycles. The van der Waals surface area contributed by atoms with Gasteiger partial charge in [-0.3, -0.25) is 4.79 Å². The van der Waals surface area contributed by atoms with Crippen molar-refractivity contribution in [2.24, 2.45) is 5.92 Å². The molecule has 6 heteroatoms. The number of rotatable bonds is 1. The molecule has 0 spiro atoms. The summed E-state index contributed by atoms with van der Waals surface area (Å²) in [6.07, 6.45) is 5.93. The lowest BCUT2D eigenvalue weighted by atomic mass is 9.95. The van der Waals surface area contributed by atoms with Crippen LogP contribution in [0.5, 0.6) is 5.75 Å². The number of ether oxygens (including phenoxy) is 4. The van der Waals surface area contributed by atoms with E-state index < -0.39 is 30.1 Å². The second kappa shape index (κ2) is 8.97. The molecule has 0 radical (unpaired) electrons. The van der Waals surface area contributed by atoms with Crippen LogP contribution in [0, 0.1) is 19.8 Å². The Morgan fingerprint density at radius 2 is 1.77 bits per heavy atom. The third kappa shape index (κ3) is 4.91. The molecule has 0 bridgehead atoms. The van der Waals surface area contributed by atoms with E-state index in [4.69, 9.17) is 18.9 Å². The Morgan fingerprint density at radius 1 is 1.06 bits per heavy atom. The van der Waals surface area contributed by atoms with Crippen LogP contribution < -0.4 is 4.74 Å². The maximum Gasteiger partial charge on any atom is 0.339 e. The number of hydrogen-bond acceptors (Lipinski definition) is 6. The molecule has 168 valence electrons. The van der Waals surface area contributed by atoms with Gasteiger partial charge in [0.2, 0.25) is 0 Å². The summed E-state index contributed by atoms with van der Waals surface area (Å²) in [7, 11) is 1.59. The summed E-state index contributed by atoms with van der Waals surface area (Å²) < 4.78 is 23.3. The summed E-state index contributed by atoms with van der Waals surface area (Å²) in [6.45, 7) is 11.2. The molecule has 0 aliphatic carbocycles. The fraction of sp³-hybridized carbons (Fsp3) is 0.520. The van der Waals surface area contributed by atoms with Crippen LogP contribution in [0.1, 0.15) is 61.2 Å². The summed E-state index contributed by atoms with van der Waals surface area (Å²) in [6, 6.07) is 1.93. The predicted molar refractivity (Wildman–Crippen MR) is 118 cm³/mol. The first-order valence-corrected chi connectivity index (χ1v) is 10.7. The maximum atomic E-state index is 13.1. The number of benzene rings is 1. The van der Waals surface area contributed by atoms with Gasteiger partial charge >= 0.3 is 5.97 Å². The average Bonchev–Trinajstić information content (AvgIpc) is 2.99. The predicted octanol–water partition coefficient (Wildman–Crippen LogP) is 4.56. The molecular weight excluding hydrogens is 396 g/mol. The molecule has 31 heavy (non-hydrogen) atoms. The molecule has 6 nitrogen and oxygen atoms in total. The van der Waals surface area contributed by atoms with Gasteiger partial charge in [0.25, 0.3) is 0 Å². The lowest BCUT2D eigenvalue weighted by molar-refractivity contribution is -0.152. The first kappa shape index (κ1) is 23.2. The van der Waals surface area contributed by atoms with Gasteiger partial charge in [-0.2, -0.15) is 0 Å². The highest BCUT2D eigenvalue weighted by Crippen LogP contribution is 2.34. The zero-order valence-electron chi connectivity index (χ0n) is 19.4. The second-order valence-electron chi connectivity index (χ2n) is 8.80. The zero-order chi connectivity index (χ0) is 22.9. The Labute approximate surface area is 184 Å². The van der Waals surface area contributed by atoms with E-state index in [0.717, 1.165) is 11.1 Å². The fourth-order valence-electron chi connectivity index (χ4n) is 4.10. The first-order chi connectivity index (χ1) is 14.5. The van der Waals surface area contributed by atoms with Crippen molar-refractivity contribution in [1.29, 1.82) is 0 Å². The van der Waals surface area contributed by atoms with Crippen molar-refractivity contribution < 1.29 is 28.5 Å². The smallest absolute Gasteiger partial charge is 0.339 e. The van der Waals surface area contributed by atoms with Crippen LogP contribution >= 0.6 is 0 Å². The van der Waals surface area contributed by atoms with Gasteiger partial charge in [0.1, 0.15) is 18.0 Å². The lowest BCUT2D eigenvalue weighted by Crippen LogP contribution is -2.30. The molecule has 0 saturated carbocycles. The molecule has 1 aromatic rings. The molecule has 2 aliphatic rings. The van der Waals surface area contributed by atoms with Crippen LogP contribution in [0.15, 0.2) is 24.3 Å². The van der Waals surface area contributed by atoms with Crippen molar-refractivity contribution in [2.75, 3.05) is 7.11 Å². The molecule has 1 aromatic carbocycles. The molecule has 4 atom stereocenters. The average molecular weight is 429 g/mol. The summed E-state index contributed by atoms with van der Waals surface area (Å²) in [4.78, 5) is 25.9. The van der Waals surface area contributed by atoms with E-state index in [-0.39, 0.29) is 11.7 Å². The topological polar surface area (TPSA) is 71.1 Å². The van der Waals surface area contributed by atoms with Gasteiger partial charge in [0, 0.05) is 11.5 Å². The normalized spacial score (nSPS) is 30.5. The number of carbonyl (C=O) groups is 2. The number of cyclic esters (lactones) is 1. The number of esters is 1. The van der Waals surface area contributed by atoms with Gasteiger partial charge in [0.05, 0.1) is 18.8 Å². The van der Waals surface area contributed by atoms with Gasteiger partial charge in [-0.15, -0.1) is 0 Å². The third-order valence-electron chi connectivity index (χ3n) is 5.82. The van der Waals surface area contributed by atoms with Crippen molar-refractivity contribution in [3.8, 4) is 5.75 Å². The second-order valence-corrected chi connectivity index (χ2v) is 8.80. The number of carbonyl (C=O) groups excluding carboxylic acids is 2. The van der Waals surface area contributed by atoms with Crippen LogP contribution in [0.25, 0.3) is 6.08 Å². The first-order valence-electron chi connectivity index (χ1n) is 10.7. The Balaban J connectivity index is 2.11. The van der Waals surface area contributed by atoms with Gasteiger partial charge in [-0.25, -0.2) is 4.79 Å². The summed E-state index contributed by atoms with van der Waals surface area (Å²) in [5.74, 6) is -0.946. The molecule has 2 heterocycles. The quantitative estimate of drug-likeness (QED) is 0.611. The van der Waals surface area contributed by atoms with E-state index in [2.05, 4.69) is 0 Å². The van der Waals surface area contributed by atoms with Crippen molar-refractivity contribution in [2.45, 2.75) is 72.1 Å². The van der Waals surface area contributed by atoms with Crippen LogP contribution in [0.3, 0.4) is 0 Å². The Morgan fingerprint density at radius 3 is 2.45 bits per heavy atom. The molecular formula is C25H32O6. The van der Waals surface area contributed by atoms with Gasteiger partial charge < -0.3 is 18.9 Å². The van der Waals surface area contributed by atoms with Crippen molar-refractivity contribution in [1.82, 2.24) is 0 Å². The minimum atomic E-state index is -0.846. The SMILES string of the molecule is COc1c(C)cc(C)c2c1/C=C/C[C@@H]1OC(C)(C)O[C@@H]1C(=O)/C=C\[C@@H](C)[C@H](C)OC2=O. The number of fused-ring (bicyclic) bond motifs is 2. The monoisotopic (exact) mass is 428 g/mol. The van der Waals surface area contributed by atoms with Crippen molar-refractivity contribution in [3.05, 3.63) is 46.5 Å². The minimum absolute atomic E-state index is 0.156. The van der Waals surface area contributed by atoms with E-state index in [1.54, 1.807) is 27.0 Å². The van der Waals surface area contributed by atoms with Crippen molar-refractivity contribution >= 4 is 17.8 Å². The number of ketones is 1. The summed E-state index contributed by atoms with van der Waals surface area (Å²) >= 11 is 0. The molecule has 0 N–H and O–H groups in total. The number of aryl methyl sites for hydroxylation is 2. The minimum Gasteiger partial charge on any atom is -0.496 e. The van der Waals surface area contributed by atoms with E-state index in [1.165, 1.54) is 6.08 Å². The van der Waals surface area contributed by atoms with Crippen LogP contribution in [-0.2, 0) is 19.0 Å². The summed E-state index contributed by atoms with van der Waals surface area (Å²) in [5.41, 5.74) is 2.89. The largest absolute Gasteiger partial charge is 0.496 e. The Hall–Kier alpha value is -2.44. The van der Waals surface area contributed by atoms with Gasteiger partial charge in [-0.1, -0.05) is 31.2 Å². The third-order valence-corrected chi connectivity index (χ3v) is 5.82. The van der Waals surface area contributed by atoms with Crippen molar-refractivity contribution in [3.63, 3.8) is 0 Å². The zero-order valence-corrected chi connectivity index (χ0v) is 19.4. The van der Waals surface area contributed by atoms with Crippen LogP contribution in [-0.4, -0.2) is 43.0 Å². The number of hydrogen-bond donors (Lipinski definition) is 0.